The van der Waals surface area contributed by atoms with E-state index in [1.807, 2.05) is 11.8 Å². The monoisotopic (exact) mass is 708 g/mol. The summed E-state index contributed by atoms with van der Waals surface area (Å²) in [6, 6.07) is 2.63. The summed E-state index contributed by atoms with van der Waals surface area (Å²) in [6.07, 6.45) is -2.95. The first-order chi connectivity index (χ1) is 23.2. The van der Waals surface area contributed by atoms with E-state index in [0.717, 1.165) is 13.3 Å². The molecule has 10 nitrogen and oxygen atoms in total. The van der Waals surface area contributed by atoms with Gasteiger partial charge in [0.25, 0.3) is 0 Å². The van der Waals surface area contributed by atoms with Crippen LogP contribution in [0.15, 0.2) is 18.3 Å². The van der Waals surface area contributed by atoms with Gasteiger partial charge in [-0.15, -0.1) is 0 Å². The number of ether oxygens (including phenoxy) is 2. The first-order valence-electron chi connectivity index (χ1n) is 15.6. The van der Waals surface area contributed by atoms with Crippen LogP contribution in [0.5, 0.6) is 11.8 Å². The summed E-state index contributed by atoms with van der Waals surface area (Å²) < 4.78 is 102. The summed E-state index contributed by atoms with van der Waals surface area (Å²) in [4.78, 5) is 20.6. The van der Waals surface area contributed by atoms with Gasteiger partial charge in [-0.25, -0.2) is 23.1 Å². The lowest BCUT2D eigenvalue weighted by atomic mass is 9.95. The van der Waals surface area contributed by atoms with E-state index in [1.54, 1.807) is 17.0 Å². The van der Waals surface area contributed by atoms with E-state index in [1.165, 1.54) is 6.20 Å². The molecule has 7 rings (SSSR count). The Morgan fingerprint density at radius 2 is 1.92 bits per heavy atom. The molecule has 0 saturated carbocycles. The Morgan fingerprint density at radius 3 is 2.65 bits per heavy atom. The molecule has 1 aromatic carbocycles. The molecule has 4 aromatic rings. The van der Waals surface area contributed by atoms with Gasteiger partial charge in [0.05, 0.1) is 45.4 Å². The van der Waals surface area contributed by atoms with Crippen LogP contribution in [0.4, 0.5) is 43.8 Å². The summed E-state index contributed by atoms with van der Waals surface area (Å²) in [6.45, 7) is 3.69. The van der Waals surface area contributed by atoms with Crippen molar-refractivity contribution in [2.75, 3.05) is 49.2 Å². The Labute approximate surface area is 281 Å². The highest BCUT2D eigenvalue weighted by molar-refractivity contribution is 6.36. The van der Waals surface area contributed by atoms with Crippen LogP contribution in [-0.2, 0) is 6.18 Å². The predicted molar refractivity (Wildman–Crippen MR) is 170 cm³/mol. The van der Waals surface area contributed by atoms with Crippen LogP contribution in [0.2, 0.25) is 5.02 Å². The second-order valence-electron chi connectivity index (χ2n) is 12.6. The maximum atomic E-state index is 17.0. The number of hydrogen-bond donors (Lipinski definition) is 2. The third kappa shape index (κ3) is 5.39. The molecule has 3 atom stereocenters. The molecule has 4 N–H and O–H groups in total. The first kappa shape index (κ1) is 33.2. The number of hydrogen-bond acceptors (Lipinski definition) is 10. The number of rotatable bonds is 6. The molecule has 3 aliphatic rings. The Balaban J connectivity index is 1.47. The number of fused-ring (bicyclic) bond motifs is 1. The number of pyridine rings is 2. The largest absolute Gasteiger partial charge is 0.489 e. The quantitative estimate of drug-likeness (QED) is 0.217. The molecule has 3 aromatic heterocycles. The van der Waals surface area contributed by atoms with Crippen molar-refractivity contribution in [3.8, 4) is 23.0 Å². The number of benzene rings is 1. The number of anilines is 3. The lowest BCUT2D eigenvalue weighted by Crippen LogP contribution is -2.43. The van der Waals surface area contributed by atoms with E-state index in [2.05, 4.69) is 19.9 Å². The molecule has 3 aliphatic heterocycles. The van der Waals surface area contributed by atoms with Crippen molar-refractivity contribution >= 4 is 40.0 Å². The highest BCUT2D eigenvalue weighted by atomic mass is 35.5. The van der Waals surface area contributed by atoms with Crippen LogP contribution < -0.4 is 25.8 Å². The Morgan fingerprint density at radius 1 is 1.14 bits per heavy atom. The van der Waals surface area contributed by atoms with E-state index in [-0.39, 0.29) is 61.5 Å². The lowest BCUT2D eigenvalue weighted by Gasteiger charge is -2.32. The van der Waals surface area contributed by atoms with Crippen molar-refractivity contribution in [1.29, 1.82) is 0 Å². The molecule has 260 valence electrons. The lowest BCUT2D eigenvalue weighted by molar-refractivity contribution is -0.137. The van der Waals surface area contributed by atoms with Gasteiger partial charge in [0.15, 0.2) is 23.2 Å². The molecule has 0 unspecified atom stereocenters. The van der Waals surface area contributed by atoms with Crippen LogP contribution in [0.25, 0.3) is 22.2 Å². The summed E-state index contributed by atoms with van der Waals surface area (Å²) in [5.74, 6) is -3.47. The zero-order chi connectivity index (χ0) is 35.0. The van der Waals surface area contributed by atoms with Gasteiger partial charge >= 0.3 is 12.2 Å². The number of aromatic nitrogens is 4. The Bertz CT molecular complexity index is 1980. The number of alkyl halides is 4. The predicted octanol–water partition coefficient (Wildman–Crippen LogP) is 6.43. The topological polar surface area (TPSA) is 129 Å². The van der Waals surface area contributed by atoms with E-state index in [0.29, 0.717) is 18.5 Å². The normalized spacial score (nSPS) is 21.5. The SMILES string of the molecule is Cc1c(F)c(N)nc(-c2c(Cl)c3c4c(nc(OC[C@@]56CCCN5C[C@H](F)C6)nc4c2F)N([C@H](C)c2cccnc2N)CCO3)c1C(F)(F)F. The fourth-order valence-corrected chi connectivity index (χ4v) is 7.73. The maximum absolute atomic E-state index is 17.0. The van der Waals surface area contributed by atoms with Crippen LogP contribution in [0.3, 0.4) is 0 Å². The second kappa shape index (κ2) is 11.9. The second-order valence-corrected chi connectivity index (χ2v) is 13.0. The average Bonchev–Trinajstić information content (AvgIpc) is 3.49. The molecule has 2 saturated heterocycles. The zero-order valence-corrected chi connectivity index (χ0v) is 27.1. The molecule has 6 heterocycles. The smallest absolute Gasteiger partial charge is 0.418 e. The van der Waals surface area contributed by atoms with Crippen molar-refractivity contribution < 1.29 is 35.8 Å². The molecular weight excluding hydrogens is 678 g/mol. The molecule has 17 heteroatoms. The van der Waals surface area contributed by atoms with Gasteiger partial charge in [-0.1, -0.05) is 17.7 Å². The number of nitrogen functional groups attached to an aromatic ring is 2. The van der Waals surface area contributed by atoms with Gasteiger partial charge in [0, 0.05) is 30.3 Å². The van der Waals surface area contributed by atoms with Gasteiger partial charge in [-0.2, -0.15) is 23.1 Å². The molecule has 0 spiro atoms. The van der Waals surface area contributed by atoms with Gasteiger partial charge in [0.2, 0.25) is 0 Å². The fraction of sp³-hybridized carbons (Fsp3) is 0.438. The summed E-state index contributed by atoms with van der Waals surface area (Å²) in [5, 5.41) is -0.612. The molecule has 0 bridgehead atoms. The van der Waals surface area contributed by atoms with E-state index in [4.69, 9.17) is 32.5 Å². The van der Waals surface area contributed by atoms with Crippen LogP contribution >= 0.6 is 11.6 Å². The standard InChI is InChI=1S/C32H31ClF6N8O2/c1-14-20(32(37,38)39)24(43-28(41)22(14)35)18-21(33)26-19-25(23(18)36)44-30(49-13-31-6-4-8-46(31)12-16(34)11-31)45-29(19)47(9-10-48-26)15(2)17-5-3-7-42-27(17)40/h3,5,7,15-16H,4,6,8-13H2,1-2H3,(H2,40,42)(H2,41,43)/t15-,16-,31+/m1/s1. The van der Waals surface area contributed by atoms with Gasteiger partial charge in [-0.3, -0.25) is 4.90 Å². The third-order valence-corrected chi connectivity index (χ3v) is 10.1. The number of nitrogens with two attached hydrogens (primary N) is 2. The highest BCUT2D eigenvalue weighted by Gasteiger charge is 2.49. The summed E-state index contributed by atoms with van der Waals surface area (Å²) in [7, 11) is 0. The first-order valence-corrected chi connectivity index (χ1v) is 16.0. The summed E-state index contributed by atoms with van der Waals surface area (Å²) >= 11 is 6.72. The van der Waals surface area contributed by atoms with E-state index < -0.39 is 74.3 Å². The van der Waals surface area contributed by atoms with Gasteiger partial charge in [0.1, 0.15) is 36.5 Å². The minimum absolute atomic E-state index is 0.0115. The van der Waals surface area contributed by atoms with Crippen molar-refractivity contribution in [2.24, 2.45) is 0 Å². The zero-order valence-electron chi connectivity index (χ0n) is 26.3. The number of nitrogens with zero attached hydrogens (tertiary/aromatic N) is 6. The third-order valence-electron chi connectivity index (χ3n) is 9.73. The molecule has 49 heavy (non-hydrogen) atoms. The van der Waals surface area contributed by atoms with Crippen molar-refractivity contribution in [2.45, 2.75) is 57.0 Å². The number of halogens is 7. The maximum Gasteiger partial charge on any atom is 0.418 e. The Hall–Kier alpha value is -4.31. The van der Waals surface area contributed by atoms with E-state index >= 15 is 4.39 Å². The fourth-order valence-electron chi connectivity index (χ4n) is 7.41. The summed E-state index contributed by atoms with van der Waals surface area (Å²) in [5.41, 5.74) is 7.06. The van der Waals surface area contributed by atoms with Crippen molar-refractivity contribution in [3.05, 3.63) is 51.7 Å². The van der Waals surface area contributed by atoms with Gasteiger partial charge < -0.3 is 25.8 Å². The molecule has 0 radical (unpaired) electrons. The Kier molecular flexibility index (Phi) is 8.08. The highest BCUT2D eigenvalue weighted by Crippen LogP contribution is 2.51. The van der Waals surface area contributed by atoms with Crippen molar-refractivity contribution in [3.63, 3.8) is 0 Å². The van der Waals surface area contributed by atoms with Crippen LogP contribution in [0, 0.1) is 18.6 Å². The molecule has 2 fully saturated rings. The molecular formula is C32H31ClF6N8O2. The van der Waals surface area contributed by atoms with Gasteiger partial charge in [-0.05, 0) is 39.3 Å². The van der Waals surface area contributed by atoms with Crippen LogP contribution in [-0.4, -0.2) is 69.4 Å². The van der Waals surface area contributed by atoms with Crippen LogP contribution in [0.1, 0.15) is 48.9 Å². The molecule has 0 aliphatic carbocycles. The minimum Gasteiger partial charge on any atom is -0.489 e. The molecule has 0 amide bonds. The minimum atomic E-state index is -5.18. The van der Waals surface area contributed by atoms with E-state index in [9.17, 15) is 22.0 Å². The van der Waals surface area contributed by atoms with Crippen molar-refractivity contribution in [1.82, 2.24) is 24.8 Å². The average molecular weight is 709 g/mol.